The summed E-state index contributed by atoms with van der Waals surface area (Å²) in [5, 5.41) is 22.9. The van der Waals surface area contributed by atoms with E-state index in [0.29, 0.717) is 6.42 Å². The average Bonchev–Trinajstić information content (AvgIpc) is 2.57. The molecular weight excluding hydrogens is 347 g/mol. The third-order valence-electron chi connectivity index (χ3n) is 3.63. The SMILES string of the molecule is C[C@H](NC(=O)O)[C@@H](Cc1ccccc1)Nc1nc(Cl)c(C#N)cc1F. The maximum absolute atomic E-state index is 14.2. The Morgan fingerprint density at radius 1 is 1.44 bits per heavy atom. The third kappa shape index (κ3) is 5.06. The van der Waals surface area contributed by atoms with Gasteiger partial charge in [-0.15, -0.1) is 0 Å². The number of halogens is 2. The molecule has 0 aliphatic heterocycles. The van der Waals surface area contributed by atoms with Gasteiger partial charge in [0.25, 0.3) is 0 Å². The van der Waals surface area contributed by atoms with Crippen LogP contribution in [0.15, 0.2) is 36.4 Å². The molecule has 130 valence electrons. The summed E-state index contributed by atoms with van der Waals surface area (Å²) in [4.78, 5) is 14.8. The Morgan fingerprint density at radius 2 is 2.12 bits per heavy atom. The van der Waals surface area contributed by atoms with Crippen molar-refractivity contribution in [3.8, 4) is 6.07 Å². The van der Waals surface area contributed by atoms with E-state index in [-0.39, 0.29) is 16.5 Å². The van der Waals surface area contributed by atoms with E-state index in [1.54, 1.807) is 13.0 Å². The Balaban J connectivity index is 2.28. The molecule has 2 rings (SSSR count). The molecule has 0 radical (unpaired) electrons. The van der Waals surface area contributed by atoms with Gasteiger partial charge in [0.05, 0.1) is 11.6 Å². The Bertz CT molecular complexity index is 795. The lowest BCUT2D eigenvalue weighted by atomic mass is 10.0. The fourth-order valence-corrected chi connectivity index (χ4v) is 2.52. The molecule has 0 saturated carbocycles. The summed E-state index contributed by atoms with van der Waals surface area (Å²) >= 11 is 5.86. The monoisotopic (exact) mass is 362 g/mol. The topological polar surface area (TPSA) is 98.0 Å². The van der Waals surface area contributed by atoms with E-state index in [2.05, 4.69) is 15.6 Å². The Hall–Kier alpha value is -2.85. The maximum Gasteiger partial charge on any atom is 0.404 e. The Kier molecular flexibility index (Phi) is 6.14. The number of nitriles is 1. The van der Waals surface area contributed by atoms with Gasteiger partial charge in [-0.2, -0.15) is 5.26 Å². The fraction of sp³-hybridized carbons (Fsp3) is 0.235. The highest BCUT2D eigenvalue weighted by Gasteiger charge is 2.22. The van der Waals surface area contributed by atoms with Gasteiger partial charge in [-0.3, -0.25) is 0 Å². The number of hydrogen-bond donors (Lipinski definition) is 3. The molecule has 0 saturated heterocycles. The molecular formula is C17H16ClFN4O2. The van der Waals surface area contributed by atoms with Crippen molar-refractivity contribution in [1.82, 2.24) is 10.3 Å². The van der Waals surface area contributed by atoms with E-state index in [1.807, 2.05) is 30.3 Å². The lowest BCUT2D eigenvalue weighted by Crippen LogP contribution is -2.45. The molecule has 0 spiro atoms. The normalized spacial score (nSPS) is 12.7. The predicted octanol–water partition coefficient (Wildman–Crippen LogP) is 3.43. The number of anilines is 1. The lowest BCUT2D eigenvalue weighted by Gasteiger charge is -2.26. The minimum absolute atomic E-state index is 0.0685. The Morgan fingerprint density at radius 3 is 2.72 bits per heavy atom. The van der Waals surface area contributed by atoms with E-state index in [0.717, 1.165) is 11.6 Å². The van der Waals surface area contributed by atoms with E-state index in [4.69, 9.17) is 22.0 Å². The molecule has 8 heteroatoms. The van der Waals surface area contributed by atoms with E-state index in [9.17, 15) is 9.18 Å². The number of benzene rings is 1. The van der Waals surface area contributed by atoms with E-state index < -0.39 is 24.0 Å². The van der Waals surface area contributed by atoms with Crippen molar-refractivity contribution >= 4 is 23.5 Å². The number of rotatable bonds is 6. The predicted molar refractivity (Wildman–Crippen MR) is 92.1 cm³/mol. The number of carboxylic acid groups (broad SMARTS) is 1. The summed E-state index contributed by atoms with van der Waals surface area (Å²) in [6, 6.07) is 11.1. The minimum atomic E-state index is -1.18. The van der Waals surface area contributed by atoms with Crippen LogP contribution < -0.4 is 10.6 Å². The van der Waals surface area contributed by atoms with Crippen LogP contribution in [0.3, 0.4) is 0 Å². The summed E-state index contributed by atoms with van der Waals surface area (Å²) < 4.78 is 14.2. The highest BCUT2D eigenvalue weighted by molar-refractivity contribution is 6.30. The van der Waals surface area contributed by atoms with Crippen LogP contribution in [-0.2, 0) is 6.42 Å². The van der Waals surface area contributed by atoms with Crippen molar-refractivity contribution in [2.45, 2.75) is 25.4 Å². The van der Waals surface area contributed by atoms with Crippen LogP contribution >= 0.6 is 11.6 Å². The zero-order chi connectivity index (χ0) is 18.4. The van der Waals surface area contributed by atoms with Gasteiger partial charge in [0.15, 0.2) is 11.6 Å². The quantitative estimate of drug-likeness (QED) is 0.684. The molecule has 6 nitrogen and oxygen atoms in total. The van der Waals surface area contributed by atoms with Crippen LogP contribution in [0.4, 0.5) is 15.0 Å². The van der Waals surface area contributed by atoms with Crippen LogP contribution in [0.1, 0.15) is 18.1 Å². The molecule has 0 fully saturated rings. The smallest absolute Gasteiger partial charge is 0.404 e. The number of nitrogens with one attached hydrogen (secondary N) is 2. The number of carbonyl (C=O) groups is 1. The molecule has 1 aromatic carbocycles. The highest BCUT2D eigenvalue weighted by atomic mass is 35.5. The van der Waals surface area contributed by atoms with Crippen LogP contribution in [0.25, 0.3) is 0 Å². The third-order valence-corrected chi connectivity index (χ3v) is 3.91. The fourth-order valence-electron chi connectivity index (χ4n) is 2.34. The van der Waals surface area contributed by atoms with Gasteiger partial charge >= 0.3 is 6.09 Å². The highest BCUT2D eigenvalue weighted by Crippen LogP contribution is 2.21. The summed E-state index contributed by atoms with van der Waals surface area (Å²) in [6.07, 6.45) is -0.750. The molecule has 0 unspecified atom stereocenters. The van der Waals surface area contributed by atoms with Crippen molar-refractivity contribution in [3.63, 3.8) is 0 Å². The van der Waals surface area contributed by atoms with Crippen molar-refractivity contribution in [1.29, 1.82) is 5.26 Å². The minimum Gasteiger partial charge on any atom is -0.465 e. The van der Waals surface area contributed by atoms with Gasteiger partial charge in [-0.1, -0.05) is 41.9 Å². The largest absolute Gasteiger partial charge is 0.465 e. The Labute approximate surface area is 149 Å². The first-order valence-corrected chi connectivity index (χ1v) is 7.84. The molecule has 25 heavy (non-hydrogen) atoms. The summed E-state index contributed by atoms with van der Waals surface area (Å²) in [7, 11) is 0. The lowest BCUT2D eigenvalue weighted by molar-refractivity contribution is 0.189. The van der Waals surface area contributed by atoms with Gasteiger partial charge in [0.2, 0.25) is 0 Å². The average molecular weight is 363 g/mol. The molecule has 2 atom stereocenters. The van der Waals surface area contributed by atoms with Crippen molar-refractivity contribution in [3.05, 3.63) is 58.5 Å². The number of amides is 1. The first kappa shape index (κ1) is 18.5. The first-order valence-electron chi connectivity index (χ1n) is 7.46. The first-order chi connectivity index (χ1) is 11.9. The standard InChI is InChI=1S/C17H16ClFN4O2/c1-10(21-17(24)25)14(7-11-5-3-2-4-6-11)22-16-13(19)8-12(9-20)15(18)23-16/h2-6,8,10,14,21H,7H2,1H3,(H,22,23)(H,24,25)/t10-,14+/m0/s1. The number of nitrogens with zero attached hydrogens (tertiary/aromatic N) is 2. The second kappa shape index (κ2) is 8.31. The van der Waals surface area contributed by atoms with Crippen LogP contribution in [-0.4, -0.2) is 28.3 Å². The number of pyridine rings is 1. The molecule has 0 aliphatic rings. The molecule has 1 aromatic heterocycles. The van der Waals surface area contributed by atoms with Crippen molar-refractivity contribution in [2.24, 2.45) is 0 Å². The van der Waals surface area contributed by atoms with Crippen molar-refractivity contribution in [2.75, 3.05) is 5.32 Å². The van der Waals surface area contributed by atoms with Gasteiger partial charge in [-0.05, 0) is 25.0 Å². The molecule has 1 heterocycles. The summed E-state index contributed by atoms with van der Waals surface area (Å²) in [6.45, 7) is 1.66. The second-order valence-corrected chi connectivity index (χ2v) is 5.81. The maximum atomic E-state index is 14.2. The molecule has 0 aliphatic carbocycles. The molecule has 0 bridgehead atoms. The zero-order valence-electron chi connectivity index (χ0n) is 13.3. The van der Waals surface area contributed by atoms with Gasteiger partial charge < -0.3 is 15.7 Å². The van der Waals surface area contributed by atoms with E-state index >= 15 is 0 Å². The number of hydrogen-bond acceptors (Lipinski definition) is 4. The summed E-state index contributed by atoms with van der Waals surface area (Å²) in [5.74, 6) is -0.870. The van der Waals surface area contributed by atoms with Gasteiger partial charge in [-0.25, -0.2) is 14.2 Å². The van der Waals surface area contributed by atoms with Crippen molar-refractivity contribution < 1.29 is 14.3 Å². The zero-order valence-corrected chi connectivity index (χ0v) is 14.1. The summed E-state index contributed by atoms with van der Waals surface area (Å²) in [5.41, 5.74) is 0.875. The number of aromatic nitrogens is 1. The second-order valence-electron chi connectivity index (χ2n) is 5.45. The van der Waals surface area contributed by atoms with Gasteiger partial charge in [0, 0.05) is 6.04 Å². The van der Waals surface area contributed by atoms with E-state index in [1.165, 1.54) is 0 Å². The molecule has 1 amide bonds. The molecule has 2 aromatic rings. The van der Waals surface area contributed by atoms with Crippen LogP contribution in [0.5, 0.6) is 0 Å². The van der Waals surface area contributed by atoms with Crippen LogP contribution in [0, 0.1) is 17.1 Å². The van der Waals surface area contributed by atoms with Gasteiger partial charge in [0.1, 0.15) is 11.2 Å². The van der Waals surface area contributed by atoms with Crippen LogP contribution in [0.2, 0.25) is 5.15 Å². The molecule has 3 N–H and O–H groups in total.